The van der Waals surface area contributed by atoms with E-state index in [0.717, 1.165) is 25.7 Å². The number of nitrogens with one attached hydrogen (secondary N) is 2. The van der Waals surface area contributed by atoms with Gasteiger partial charge in [-0.1, -0.05) is 61.4 Å². The maximum Gasteiger partial charge on any atom is 0.270 e. The molecule has 1 fully saturated rings. The summed E-state index contributed by atoms with van der Waals surface area (Å²) in [6.45, 7) is 1.79. The van der Waals surface area contributed by atoms with E-state index in [9.17, 15) is 14.9 Å². The van der Waals surface area contributed by atoms with Crippen LogP contribution < -0.4 is 10.9 Å². The molecule has 0 aliphatic heterocycles. The number of nitriles is 1. The Hall–Kier alpha value is -2.59. The van der Waals surface area contributed by atoms with Crippen LogP contribution in [0.1, 0.15) is 44.6 Å². The van der Waals surface area contributed by atoms with Crippen LogP contribution in [0.15, 0.2) is 40.3 Å². The van der Waals surface area contributed by atoms with Crippen LogP contribution in [-0.4, -0.2) is 27.2 Å². The predicted octanol–water partition coefficient (Wildman–Crippen LogP) is 3.24. The highest BCUT2D eigenvalue weighted by molar-refractivity contribution is 8.00. The van der Waals surface area contributed by atoms with E-state index in [0.29, 0.717) is 16.4 Å². The lowest BCUT2D eigenvalue weighted by molar-refractivity contribution is -0.121. The molecule has 0 unspecified atom stereocenters. The first-order valence-electron chi connectivity index (χ1n) is 9.15. The Morgan fingerprint density at radius 2 is 2.00 bits per heavy atom. The van der Waals surface area contributed by atoms with Crippen molar-refractivity contribution in [3.63, 3.8) is 0 Å². The van der Waals surface area contributed by atoms with Gasteiger partial charge in [-0.2, -0.15) is 5.26 Å². The normalized spacial score (nSPS) is 15.7. The van der Waals surface area contributed by atoms with Gasteiger partial charge >= 0.3 is 0 Å². The summed E-state index contributed by atoms with van der Waals surface area (Å²) in [7, 11) is 0. The second kappa shape index (κ2) is 8.87. The van der Waals surface area contributed by atoms with Crippen LogP contribution in [0.3, 0.4) is 0 Å². The minimum Gasteiger partial charge on any atom is -0.352 e. The molecular weight excluding hydrogens is 360 g/mol. The lowest BCUT2D eigenvalue weighted by Crippen LogP contribution is -2.40. The van der Waals surface area contributed by atoms with Crippen LogP contribution in [0.2, 0.25) is 0 Å². The van der Waals surface area contributed by atoms with Crippen molar-refractivity contribution >= 4 is 17.7 Å². The average Bonchev–Trinajstić information content (AvgIpc) is 2.69. The highest BCUT2D eigenvalue weighted by atomic mass is 32.2. The molecule has 1 amide bonds. The third-order valence-electron chi connectivity index (χ3n) is 4.67. The number of rotatable bonds is 5. The van der Waals surface area contributed by atoms with Crippen molar-refractivity contribution < 1.29 is 4.79 Å². The summed E-state index contributed by atoms with van der Waals surface area (Å²) >= 11 is 1.19. The lowest BCUT2D eigenvalue weighted by Gasteiger charge is -2.24. The third-order valence-corrected chi connectivity index (χ3v) is 5.65. The number of benzene rings is 1. The standard InChI is InChI=1S/C20H22N4O2S/c1-13(18(25)22-15-10-6-3-7-11-15)27-20-23-17(14-8-4-2-5-9-14)16(12-21)19(26)24-20/h2,4-5,8-9,13,15H,3,6-7,10-11H2,1H3,(H,22,25)(H,23,24,26)/t13-/m1/s1. The highest BCUT2D eigenvalue weighted by Crippen LogP contribution is 2.25. The zero-order chi connectivity index (χ0) is 19.2. The molecule has 1 heterocycles. The largest absolute Gasteiger partial charge is 0.352 e. The van der Waals surface area contributed by atoms with Crippen molar-refractivity contribution in [3.8, 4) is 17.3 Å². The van der Waals surface area contributed by atoms with E-state index in [-0.39, 0.29) is 17.5 Å². The molecule has 1 saturated carbocycles. The van der Waals surface area contributed by atoms with Crippen molar-refractivity contribution in [2.75, 3.05) is 0 Å². The fourth-order valence-corrected chi connectivity index (χ4v) is 4.01. The summed E-state index contributed by atoms with van der Waals surface area (Å²) in [5.74, 6) is -0.0554. The quantitative estimate of drug-likeness (QED) is 0.611. The molecule has 1 aromatic carbocycles. The van der Waals surface area contributed by atoms with Crippen molar-refractivity contribution in [1.29, 1.82) is 5.26 Å². The van der Waals surface area contributed by atoms with Crippen LogP contribution in [0.5, 0.6) is 0 Å². The second-order valence-corrected chi connectivity index (χ2v) is 8.01. The molecule has 27 heavy (non-hydrogen) atoms. The van der Waals surface area contributed by atoms with Crippen molar-refractivity contribution in [2.45, 2.75) is 55.5 Å². The van der Waals surface area contributed by atoms with Gasteiger partial charge in [-0.05, 0) is 19.8 Å². The molecule has 7 heteroatoms. The van der Waals surface area contributed by atoms with Crippen LogP contribution in [0.25, 0.3) is 11.3 Å². The Bertz CT molecular complexity index is 898. The molecule has 1 aromatic heterocycles. The maximum atomic E-state index is 12.5. The Labute approximate surface area is 162 Å². The third kappa shape index (κ3) is 4.77. The topological polar surface area (TPSA) is 98.6 Å². The van der Waals surface area contributed by atoms with E-state index < -0.39 is 10.8 Å². The Morgan fingerprint density at radius 1 is 1.30 bits per heavy atom. The molecule has 0 saturated heterocycles. The van der Waals surface area contributed by atoms with Crippen LogP contribution in [0.4, 0.5) is 0 Å². The number of hydrogen-bond donors (Lipinski definition) is 2. The van der Waals surface area contributed by atoms with E-state index in [1.807, 2.05) is 24.3 Å². The van der Waals surface area contributed by atoms with E-state index in [2.05, 4.69) is 15.3 Å². The molecule has 0 spiro atoms. The van der Waals surface area contributed by atoms with E-state index in [4.69, 9.17) is 0 Å². The molecule has 1 aliphatic rings. The SMILES string of the molecule is C[C@@H](Sc1nc(-c2ccccc2)c(C#N)c(=O)[nH]1)C(=O)NC1CCCCC1. The number of aromatic nitrogens is 2. The van der Waals surface area contributed by atoms with E-state index in [1.165, 1.54) is 18.2 Å². The van der Waals surface area contributed by atoms with Gasteiger partial charge in [-0.3, -0.25) is 9.59 Å². The molecule has 0 bridgehead atoms. The minimum atomic E-state index is -0.492. The number of carbonyl (C=O) groups is 1. The summed E-state index contributed by atoms with van der Waals surface area (Å²) in [6.07, 6.45) is 5.57. The van der Waals surface area contributed by atoms with E-state index >= 15 is 0 Å². The molecule has 2 aromatic rings. The summed E-state index contributed by atoms with van der Waals surface area (Å²) < 4.78 is 0. The fraction of sp³-hybridized carbons (Fsp3) is 0.400. The molecule has 2 N–H and O–H groups in total. The molecule has 0 radical (unpaired) electrons. The van der Waals surface area contributed by atoms with Gasteiger partial charge in [-0.25, -0.2) is 4.98 Å². The van der Waals surface area contributed by atoms with Crippen molar-refractivity contribution in [2.24, 2.45) is 0 Å². The number of nitrogens with zero attached hydrogens (tertiary/aromatic N) is 2. The van der Waals surface area contributed by atoms with Gasteiger partial charge in [0, 0.05) is 11.6 Å². The molecule has 1 atom stereocenters. The molecule has 3 rings (SSSR count). The Balaban J connectivity index is 1.78. The number of amides is 1. The summed E-state index contributed by atoms with van der Waals surface area (Å²) in [5, 5.41) is 12.4. The first-order valence-corrected chi connectivity index (χ1v) is 10.0. The van der Waals surface area contributed by atoms with E-state index in [1.54, 1.807) is 19.1 Å². The minimum absolute atomic E-state index is 0.0233. The fourth-order valence-electron chi connectivity index (χ4n) is 3.20. The average molecular weight is 382 g/mol. The van der Waals surface area contributed by atoms with Gasteiger partial charge in [-0.15, -0.1) is 0 Å². The number of carbonyl (C=O) groups excluding carboxylic acids is 1. The monoisotopic (exact) mass is 382 g/mol. The molecular formula is C20H22N4O2S. The van der Waals surface area contributed by atoms with Crippen LogP contribution >= 0.6 is 11.8 Å². The number of thioether (sulfide) groups is 1. The van der Waals surface area contributed by atoms with Gasteiger partial charge in [0.15, 0.2) is 5.16 Å². The summed E-state index contributed by atoms with van der Waals surface area (Å²) in [5.41, 5.74) is 0.518. The maximum absolute atomic E-state index is 12.5. The van der Waals surface area contributed by atoms with Crippen molar-refractivity contribution in [1.82, 2.24) is 15.3 Å². The first kappa shape index (κ1) is 19.2. The zero-order valence-corrected chi connectivity index (χ0v) is 16.0. The number of H-pyrrole nitrogens is 1. The molecule has 1 aliphatic carbocycles. The van der Waals surface area contributed by atoms with Crippen LogP contribution in [-0.2, 0) is 4.79 Å². The van der Waals surface area contributed by atoms with Crippen molar-refractivity contribution in [3.05, 3.63) is 46.2 Å². The Kier molecular flexibility index (Phi) is 6.30. The Morgan fingerprint density at radius 3 is 2.67 bits per heavy atom. The number of hydrogen-bond acceptors (Lipinski definition) is 5. The van der Waals surface area contributed by atoms with Gasteiger partial charge in [0.05, 0.1) is 10.9 Å². The summed E-state index contributed by atoms with van der Waals surface area (Å²) in [4.78, 5) is 31.8. The summed E-state index contributed by atoms with van der Waals surface area (Å²) in [6, 6.07) is 11.3. The predicted molar refractivity (Wildman–Crippen MR) is 105 cm³/mol. The smallest absolute Gasteiger partial charge is 0.270 e. The zero-order valence-electron chi connectivity index (χ0n) is 15.2. The van der Waals surface area contributed by atoms with Crippen LogP contribution in [0, 0.1) is 11.3 Å². The van der Waals surface area contributed by atoms with Gasteiger partial charge in [0.2, 0.25) is 5.91 Å². The lowest BCUT2D eigenvalue weighted by atomic mass is 9.95. The van der Waals surface area contributed by atoms with Gasteiger partial charge < -0.3 is 10.3 Å². The molecule has 6 nitrogen and oxygen atoms in total. The second-order valence-electron chi connectivity index (χ2n) is 6.68. The van der Waals surface area contributed by atoms with Gasteiger partial charge in [0.25, 0.3) is 5.56 Å². The number of aromatic amines is 1. The highest BCUT2D eigenvalue weighted by Gasteiger charge is 2.22. The first-order chi connectivity index (χ1) is 13.1. The van der Waals surface area contributed by atoms with Gasteiger partial charge in [0.1, 0.15) is 11.6 Å². The molecule has 140 valence electrons.